The predicted octanol–water partition coefficient (Wildman–Crippen LogP) is 20.8. The number of hydrogen-bond acceptors (Lipinski definition) is 3. The van der Waals surface area contributed by atoms with Crippen molar-refractivity contribution in [2.45, 2.75) is 10.8 Å². The van der Waals surface area contributed by atoms with Crippen LogP contribution in [0.15, 0.2) is 309 Å². The molecule has 13 aromatic carbocycles. The summed E-state index contributed by atoms with van der Waals surface area (Å²) >= 11 is 0. The molecule has 0 radical (unpaired) electrons. The van der Waals surface area contributed by atoms with E-state index in [4.69, 9.17) is 9.47 Å². The van der Waals surface area contributed by atoms with Gasteiger partial charge in [0.25, 0.3) is 0 Å². The zero-order chi connectivity index (χ0) is 54.6. The van der Waals surface area contributed by atoms with Crippen molar-refractivity contribution in [2.24, 2.45) is 0 Å². The summed E-state index contributed by atoms with van der Waals surface area (Å²) in [5.74, 6) is 3.55. The molecule has 2 heterocycles. The van der Waals surface area contributed by atoms with E-state index in [9.17, 15) is 0 Å². The standard InChI is InChI=1S/C80H51NO2/c1-2-19-52(20-3-1)53-37-39-54(40-38-53)55-41-45-59(46-42-55)81(60-22-18-21-56(49-60)57-44-48-68-65(50-57)63-25-5-8-27-67(63)79(68)69-28-9-14-33-75(69)82-76-34-15-10-29-70(76)79)74-32-13-6-23-61(74)58-43-47-64-62-24-4-7-26-66(62)80(73(64)51-58)71-30-11-16-35-77(71)83-78-36-17-12-31-72(78)80/h1-51H. The minimum atomic E-state index is -0.598. The highest BCUT2D eigenvalue weighted by Gasteiger charge is 2.52. The maximum absolute atomic E-state index is 6.74. The van der Waals surface area contributed by atoms with Gasteiger partial charge in [0.15, 0.2) is 0 Å². The number of fused-ring (bicyclic) bond motifs is 18. The molecular formula is C80H51NO2. The maximum Gasteiger partial charge on any atom is 0.132 e. The topological polar surface area (TPSA) is 21.7 Å². The first kappa shape index (κ1) is 47.1. The van der Waals surface area contributed by atoms with Crippen LogP contribution < -0.4 is 14.4 Å². The summed E-state index contributed by atoms with van der Waals surface area (Å²) in [6.07, 6.45) is 0. The van der Waals surface area contributed by atoms with Gasteiger partial charge in [0, 0.05) is 39.2 Å². The SMILES string of the molecule is c1ccc(-c2ccc(-c3ccc(N(c4cccc(-c5ccc6c(c5)-c5ccccc5C65c6ccccc6Oc6ccccc65)c4)c4ccccc4-c4ccc5c(c4)C4(c6ccccc6Oc6ccccc64)c4ccccc4-5)cc3)cc2)cc1. The molecule has 0 fully saturated rings. The van der Waals surface area contributed by atoms with E-state index in [1.54, 1.807) is 0 Å². The number of nitrogens with zero attached hydrogens (tertiary/aromatic N) is 1. The average Bonchev–Trinajstić information content (AvgIpc) is 1.66. The van der Waals surface area contributed by atoms with E-state index in [2.05, 4.69) is 314 Å². The van der Waals surface area contributed by atoms with Gasteiger partial charge in [-0.25, -0.2) is 0 Å². The van der Waals surface area contributed by atoms with E-state index < -0.39 is 10.8 Å². The van der Waals surface area contributed by atoms with Crippen molar-refractivity contribution in [1.29, 1.82) is 0 Å². The third kappa shape index (κ3) is 6.92. The van der Waals surface area contributed by atoms with E-state index in [1.165, 1.54) is 61.2 Å². The van der Waals surface area contributed by atoms with Gasteiger partial charge >= 0.3 is 0 Å². The number of benzene rings is 13. The summed E-state index contributed by atoms with van der Waals surface area (Å²) in [5.41, 5.74) is 25.9. The van der Waals surface area contributed by atoms with E-state index in [1.807, 2.05) is 0 Å². The van der Waals surface area contributed by atoms with Crippen molar-refractivity contribution in [2.75, 3.05) is 4.90 Å². The second-order valence-corrected chi connectivity index (χ2v) is 22.2. The fraction of sp³-hybridized carbons (Fsp3) is 0.0250. The van der Waals surface area contributed by atoms with Crippen molar-refractivity contribution < 1.29 is 9.47 Å². The van der Waals surface area contributed by atoms with Gasteiger partial charge in [-0.15, -0.1) is 0 Å². The van der Waals surface area contributed by atoms with Crippen LogP contribution in [-0.4, -0.2) is 0 Å². The number of para-hydroxylation sites is 5. The monoisotopic (exact) mass is 1060 g/mol. The average molecular weight is 1060 g/mol. The fourth-order valence-electron chi connectivity index (χ4n) is 14.5. The zero-order valence-electron chi connectivity index (χ0n) is 45.2. The Balaban J connectivity index is 0.829. The second-order valence-electron chi connectivity index (χ2n) is 22.2. The third-order valence-electron chi connectivity index (χ3n) is 18.0. The second kappa shape index (κ2) is 18.4. The highest BCUT2D eigenvalue weighted by Crippen LogP contribution is 2.64. The molecule has 2 aliphatic heterocycles. The zero-order valence-corrected chi connectivity index (χ0v) is 45.2. The molecular weight excluding hydrogens is 1010 g/mol. The molecule has 83 heavy (non-hydrogen) atoms. The number of ether oxygens (including phenoxy) is 2. The van der Waals surface area contributed by atoms with Gasteiger partial charge in [-0.1, -0.05) is 243 Å². The lowest BCUT2D eigenvalue weighted by atomic mass is 9.66. The molecule has 0 aromatic heterocycles. The van der Waals surface area contributed by atoms with Crippen LogP contribution in [0.2, 0.25) is 0 Å². The maximum atomic E-state index is 6.74. The van der Waals surface area contributed by atoms with Crippen LogP contribution in [0.1, 0.15) is 44.5 Å². The van der Waals surface area contributed by atoms with Crippen LogP contribution in [0.5, 0.6) is 23.0 Å². The molecule has 0 atom stereocenters. The Kier molecular flexibility index (Phi) is 10.4. The Morgan fingerprint density at radius 1 is 0.205 bits per heavy atom. The van der Waals surface area contributed by atoms with Crippen LogP contribution in [0.3, 0.4) is 0 Å². The first-order chi connectivity index (χ1) is 41.1. The van der Waals surface area contributed by atoms with Gasteiger partial charge < -0.3 is 14.4 Å². The molecule has 0 saturated heterocycles. The first-order valence-electron chi connectivity index (χ1n) is 28.6. The van der Waals surface area contributed by atoms with Crippen molar-refractivity contribution in [3.05, 3.63) is 354 Å². The van der Waals surface area contributed by atoms with Crippen molar-refractivity contribution in [3.63, 3.8) is 0 Å². The van der Waals surface area contributed by atoms with Crippen LogP contribution in [-0.2, 0) is 10.8 Å². The molecule has 4 aliphatic rings. The summed E-state index contributed by atoms with van der Waals surface area (Å²) in [7, 11) is 0. The first-order valence-corrected chi connectivity index (χ1v) is 28.6. The normalized spacial score (nSPS) is 13.7. The molecule has 0 unspecified atom stereocenters. The van der Waals surface area contributed by atoms with Gasteiger partial charge in [-0.3, -0.25) is 0 Å². The fourth-order valence-corrected chi connectivity index (χ4v) is 14.5. The largest absolute Gasteiger partial charge is 0.457 e. The number of rotatable bonds is 7. The van der Waals surface area contributed by atoms with E-state index in [-0.39, 0.29) is 0 Å². The summed E-state index contributed by atoms with van der Waals surface area (Å²) in [6.45, 7) is 0. The Labute approximate surface area is 483 Å². The van der Waals surface area contributed by atoms with Gasteiger partial charge in [-0.05, 0) is 150 Å². The quantitative estimate of drug-likeness (QED) is 0.159. The number of hydrogen-bond donors (Lipinski definition) is 0. The highest BCUT2D eigenvalue weighted by atomic mass is 16.5. The molecule has 2 aliphatic carbocycles. The third-order valence-corrected chi connectivity index (χ3v) is 18.0. The Bertz CT molecular complexity index is 4660. The van der Waals surface area contributed by atoms with Gasteiger partial charge in [0.2, 0.25) is 0 Å². The van der Waals surface area contributed by atoms with E-state index >= 15 is 0 Å². The lowest BCUT2D eigenvalue weighted by Crippen LogP contribution is -2.32. The Morgan fingerprint density at radius 3 is 1.17 bits per heavy atom. The molecule has 388 valence electrons. The minimum absolute atomic E-state index is 0.536. The lowest BCUT2D eigenvalue weighted by Gasteiger charge is -2.39. The van der Waals surface area contributed by atoms with Gasteiger partial charge in [0.1, 0.15) is 23.0 Å². The molecule has 3 heteroatoms. The summed E-state index contributed by atoms with van der Waals surface area (Å²) in [6, 6.07) is 113. The molecule has 2 spiro atoms. The molecule has 17 rings (SSSR count). The number of anilines is 3. The van der Waals surface area contributed by atoms with Gasteiger partial charge in [0.05, 0.1) is 16.5 Å². The molecule has 3 nitrogen and oxygen atoms in total. The molecule has 0 amide bonds. The van der Waals surface area contributed by atoms with Crippen LogP contribution >= 0.6 is 0 Å². The molecule has 13 aromatic rings. The van der Waals surface area contributed by atoms with Crippen LogP contribution in [0.25, 0.3) is 66.8 Å². The molecule has 0 bridgehead atoms. The lowest BCUT2D eigenvalue weighted by molar-refractivity contribution is 0.436. The smallest absolute Gasteiger partial charge is 0.132 e. The Morgan fingerprint density at radius 2 is 0.590 bits per heavy atom. The van der Waals surface area contributed by atoms with Gasteiger partial charge in [-0.2, -0.15) is 0 Å². The molecule has 0 saturated carbocycles. The highest BCUT2D eigenvalue weighted by molar-refractivity contribution is 5.96. The predicted molar refractivity (Wildman–Crippen MR) is 338 cm³/mol. The Hall–Kier alpha value is -10.7. The van der Waals surface area contributed by atoms with Crippen LogP contribution in [0.4, 0.5) is 17.1 Å². The van der Waals surface area contributed by atoms with Crippen LogP contribution in [0, 0.1) is 0 Å². The van der Waals surface area contributed by atoms with Crippen molar-refractivity contribution >= 4 is 17.1 Å². The molecule has 0 N–H and O–H groups in total. The van der Waals surface area contributed by atoms with Crippen molar-refractivity contribution in [1.82, 2.24) is 0 Å². The summed E-state index contributed by atoms with van der Waals surface area (Å²) in [4.78, 5) is 2.45. The minimum Gasteiger partial charge on any atom is -0.457 e. The summed E-state index contributed by atoms with van der Waals surface area (Å²) < 4.78 is 13.4. The van der Waals surface area contributed by atoms with Crippen molar-refractivity contribution in [3.8, 4) is 89.8 Å². The van der Waals surface area contributed by atoms with E-state index in [0.717, 1.165) is 90.1 Å². The summed E-state index contributed by atoms with van der Waals surface area (Å²) in [5, 5.41) is 0. The van der Waals surface area contributed by atoms with E-state index in [0.29, 0.717) is 0 Å².